The standard InChI is InChI=1S/C17H17NO3/c19-16(20)11-10-14-8-4-5-9-15(14)17(21)18-12-13-6-2-1-3-7-13/h1-9H,10-12H2,(H,18,21)(H,19,20). The average Bonchev–Trinajstić information content (AvgIpc) is 2.52. The van der Waals surface area contributed by atoms with Crippen molar-refractivity contribution in [3.63, 3.8) is 0 Å². The van der Waals surface area contributed by atoms with Gasteiger partial charge in [0, 0.05) is 18.5 Å². The minimum absolute atomic E-state index is 0.0168. The molecule has 0 saturated heterocycles. The smallest absolute Gasteiger partial charge is 0.303 e. The second kappa shape index (κ2) is 7.24. The maximum Gasteiger partial charge on any atom is 0.303 e. The molecule has 0 aliphatic carbocycles. The van der Waals surface area contributed by atoms with Gasteiger partial charge in [0.05, 0.1) is 0 Å². The Kier molecular flexibility index (Phi) is 5.10. The van der Waals surface area contributed by atoms with Crippen molar-refractivity contribution < 1.29 is 14.7 Å². The highest BCUT2D eigenvalue weighted by Crippen LogP contribution is 2.11. The van der Waals surface area contributed by atoms with Gasteiger partial charge in [-0.05, 0) is 23.6 Å². The second-order valence-corrected chi connectivity index (χ2v) is 4.72. The molecule has 2 N–H and O–H groups in total. The van der Waals surface area contributed by atoms with Gasteiger partial charge in [-0.15, -0.1) is 0 Å². The first-order valence-corrected chi connectivity index (χ1v) is 6.78. The van der Waals surface area contributed by atoms with Gasteiger partial charge in [0.1, 0.15) is 0 Å². The molecule has 2 aromatic rings. The number of benzene rings is 2. The van der Waals surface area contributed by atoms with Crippen LogP contribution in [0.4, 0.5) is 0 Å². The molecule has 4 nitrogen and oxygen atoms in total. The third-order valence-electron chi connectivity index (χ3n) is 3.17. The molecule has 0 bridgehead atoms. The van der Waals surface area contributed by atoms with E-state index < -0.39 is 5.97 Å². The van der Waals surface area contributed by atoms with E-state index in [0.29, 0.717) is 18.5 Å². The molecular weight excluding hydrogens is 266 g/mol. The number of nitrogens with one attached hydrogen (secondary N) is 1. The lowest BCUT2D eigenvalue weighted by Gasteiger charge is -2.09. The molecule has 0 spiro atoms. The van der Waals surface area contributed by atoms with Crippen LogP contribution in [0.15, 0.2) is 54.6 Å². The first-order chi connectivity index (χ1) is 10.2. The van der Waals surface area contributed by atoms with E-state index in [4.69, 9.17) is 5.11 Å². The first kappa shape index (κ1) is 14.8. The molecule has 0 fully saturated rings. The van der Waals surface area contributed by atoms with Gasteiger partial charge in [0.15, 0.2) is 0 Å². The number of rotatable bonds is 6. The van der Waals surface area contributed by atoms with Crippen LogP contribution in [-0.2, 0) is 17.8 Å². The molecule has 0 aromatic heterocycles. The van der Waals surface area contributed by atoms with Crippen molar-refractivity contribution >= 4 is 11.9 Å². The summed E-state index contributed by atoms with van der Waals surface area (Å²) < 4.78 is 0. The van der Waals surface area contributed by atoms with Gasteiger partial charge in [-0.25, -0.2) is 0 Å². The lowest BCUT2D eigenvalue weighted by molar-refractivity contribution is -0.136. The van der Waals surface area contributed by atoms with Crippen LogP contribution >= 0.6 is 0 Å². The molecule has 4 heteroatoms. The largest absolute Gasteiger partial charge is 0.481 e. The third kappa shape index (κ3) is 4.45. The Morgan fingerprint density at radius 2 is 1.62 bits per heavy atom. The lowest BCUT2D eigenvalue weighted by atomic mass is 10.0. The van der Waals surface area contributed by atoms with Crippen LogP contribution < -0.4 is 5.32 Å². The minimum atomic E-state index is -0.866. The fourth-order valence-corrected chi connectivity index (χ4v) is 2.07. The number of amides is 1. The van der Waals surface area contributed by atoms with Gasteiger partial charge in [0.2, 0.25) is 0 Å². The third-order valence-corrected chi connectivity index (χ3v) is 3.17. The Hall–Kier alpha value is -2.62. The normalized spacial score (nSPS) is 10.1. The van der Waals surface area contributed by atoms with E-state index >= 15 is 0 Å². The second-order valence-electron chi connectivity index (χ2n) is 4.72. The summed E-state index contributed by atoms with van der Waals surface area (Å²) in [6.45, 7) is 0.451. The van der Waals surface area contributed by atoms with E-state index in [1.165, 1.54) is 0 Å². The van der Waals surface area contributed by atoms with E-state index in [9.17, 15) is 9.59 Å². The number of hydrogen-bond acceptors (Lipinski definition) is 2. The summed E-state index contributed by atoms with van der Waals surface area (Å²) in [6.07, 6.45) is 0.368. The molecule has 0 aliphatic heterocycles. The van der Waals surface area contributed by atoms with Crippen LogP contribution in [0.5, 0.6) is 0 Å². The van der Waals surface area contributed by atoms with Crippen LogP contribution in [0, 0.1) is 0 Å². The molecule has 0 atom stereocenters. The number of aliphatic carboxylic acids is 1. The molecule has 0 radical (unpaired) electrons. The quantitative estimate of drug-likeness (QED) is 0.856. The van der Waals surface area contributed by atoms with Crippen LogP contribution in [0.3, 0.4) is 0 Å². The van der Waals surface area contributed by atoms with Crippen molar-refractivity contribution in [1.82, 2.24) is 5.32 Å². The molecule has 2 rings (SSSR count). The van der Waals surface area contributed by atoms with Crippen molar-refractivity contribution in [2.75, 3.05) is 0 Å². The number of carboxylic acid groups (broad SMARTS) is 1. The number of carbonyl (C=O) groups is 2. The number of carbonyl (C=O) groups excluding carboxylic acids is 1. The van der Waals surface area contributed by atoms with Gasteiger partial charge in [-0.2, -0.15) is 0 Å². The zero-order valence-corrected chi connectivity index (χ0v) is 11.6. The maximum atomic E-state index is 12.2. The molecule has 0 aliphatic rings. The molecule has 0 saturated carbocycles. The number of carboxylic acids is 1. The molecular formula is C17H17NO3. The Morgan fingerprint density at radius 3 is 2.33 bits per heavy atom. The highest BCUT2D eigenvalue weighted by molar-refractivity contribution is 5.95. The minimum Gasteiger partial charge on any atom is -0.481 e. The molecule has 1 amide bonds. The van der Waals surface area contributed by atoms with Gasteiger partial charge < -0.3 is 10.4 Å². The first-order valence-electron chi connectivity index (χ1n) is 6.78. The summed E-state index contributed by atoms with van der Waals surface area (Å²) >= 11 is 0. The van der Waals surface area contributed by atoms with Crippen LogP contribution in [-0.4, -0.2) is 17.0 Å². The lowest BCUT2D eigenvalue weighted by Crippen LogP contribution is -2.24. The van der Waals surface area contributed by atoms with Crippen molar-refractivity contribution in [1.29, 1.82) is 0 Å². The predicted molar refractivity (Wildman–Crippen MR) is 80.0 cm³/mol. The summed E-state index contributed by atoms with van der Waals surface area (Å²) in [5, 5.41) is 11.6. The zero-order chi connectivity index (χ0) is 15.1. The molecule has 0 unspecified atom stereocenters. The summed E-state index contributed by atoms with van der Waals surface area (Å²) in [6, 6.07) is 16.7. The van der Waals surface area contributed by atoms with Gasteiger partial charge in [0.25, 0.3) is 5.91 Å². The van der Waals surface area contributed by atoms with Crippen LogP contribution in [0.1, 0.15) is 27.9 Å². The topological polar surface area (TPSA) is 66.4 Å². The van der Waals surface area contributed by atoms with Crippen molar-refractivity contribution in [2.24, 2.45) is 0 Å². The molecule has 21 heavy (non-hydrogen) atoms. The Bertz CT molecular complexity index is 623. The zero-order valence-electron chi connectivity index (χ0n) is 11.6. The predicted octanol–water partition coefficient (Wildman–Crippen LogP) is 2.63. The van der Waals surface area contributed by atoms with E-state index in [1.54, 1.807) is 18.2 Å². The Morgan fingerprint density at radius 1 is 0.952 bits per heavy atom. The van der Waals surface area contributed by atoms with Crippen molar-refractivity contribution in [3.8, 4) is 0 Å². The summed E-state index contributed by atoms with van der Waals surface area (Å²) in [4.78, 5) is 22.9. The molecule has 108 valence electrons. The van der Waals surface area contributed by atoms with E-state index in [-0.39, 0.29) is 12.3 Å². The van der Waals surface area contributed by atoms with Crippen LogP contribution in [0.25, 0.3) is 0 Å². The van der Waals surface area contributed by atoms with Crippen molar-refractivity contribution in [3.05, 3.63) is 71.3 Å². The highest BCUT2D eigenvalue weighted by atomic mass is 16.4. The fraction of sp³-hybridized carbons (Fsp3) is 0.176. The molecule has 0 heterocycles. The van der Waals surface area contributed by atoms with E-state index in [1.807, 2.05) is 36.4 Å². The van der Waals surface area contributed by atoms with Crippen LogP contribution in [0.2, 0.25) is 0 Å². The van der Waals surface area contributed by atoms with Gasteiger partial charge in [-0.3, -0.25) is 9.59 Å². The summed E-state index contributed by atoms with van der Waals surface area (Å²) in [5.74, 6) is -1.05. The SMILES string of the molecule is O=C(O)CCc1ccccc1C(=O)NCc1ccccc1. The number of hydrogen-bond donors (Lipinski definition) is 2. The molecule has 2 aromatic carbocycles. The maximum absolute atomic E-state index is 12.2. The van der Waals surface area contributed by atoms with E-state index in [0.717, 1.165) is 11.1 Å². The summed E-state index contributed by atoms with van der Waals surface area (Å²) in [7, 11) is 0. The number of aryl methyl sites for hydroxylation is 1. The summed E-state index contributed by atoms with van der Waals surface area (Å²) in [5.41, 5.74) is 2.31. The fourth-order valence-electron chi connectivity index (χ4n) is 2.07. The van der Waals surface area contributed by atoms with Gasteiger partial charge in [-0.1, -0.05) is 48.5 Å². The van der Waals surface area contributed by atoms with Gasteiger partial charge >= 0.3 is 5.97 Å². The van der Waals surface area contributed by atoms with Crippen molar-refractivity contribution in [2.45, 2.75) is 19.4 Å². The Labute approximate surface area is 123 Å². The Balaban J connectivity index is 2.03. The van der Waals surface area contributed by atoms with E-state index in [2.05, 4.69) is 5.32 Å². The monoisotopic (exact) mass is 283 g/mol. The average molecular weight is 283 g/mol. The highest BCUT2D eigenvalue weighted by Gasteiger charge is 2.11.